The molecular formula is C6H15N8+. The highest BCUT2D eigenvalue weighted by molar-refractivity contribution is 5.99. The summed E-state index contributed by atoms with van der Waals surface area (Å²) in [5, 5.41) is 7.40. The molecule has 0 heterocycles. The quantitative estimate of drug-likeness (QED) is 0.153. The molecule has 0 aromatic heterocycles. The molecule has 0 saturated carbocycles. The van der Waals surface area contributed by atoms with Crippen molar-refractivity contribution in [2.75, 3.05) is 0 Å². The smallest absolute Gasteiger partial charge is 0.191 e. The van der Waals surface area contributed by atoms with Gasteiger partial charge in [-0.25, -0.2) is 0 Å². The molecule has 0 aromatic rings. The summed E-state index contributed by atoms with van der Waals surface area (Å²) in [6.45, 7) is 0. The molecular weight excluding hydrogens is 184 g/mol. The van der Waals surface area contributed by atoms with Crippen molar-refractivity contribution in [3.05, 3.63) is 23.5 Å². The van der Waals surface area contributed by atoms with Crippen LogP contribution in [0.15, 0.2) is 23.5 Å². The van der Waals surface area contributed by atoms with E-state index in [1.54, 1.807) is 6.08 Å². The van der Waals surface area contributed by atoms with E-state index in [1.807, 2.05) is 0 Å². The summed E-state index contributed by atoms with van der Waals surface area (Å²) >= 11 is 0. The van der Waals surface area contributed by atoms with Crippen LogP contribution < -0.4 is 34.3 Å². The van der Waals surface area contributed by atoms with Gasteiger partial charge in [-0.05, 0) is 11.6 Å². The normalized spacial score (nSPS) is 17.8. The van der Waals surface area contributed by atoms with Gasteiger partial charge in [0.25, 0.3) is 0 Å². The molecule has 0 fully saturated rings. The molecule has 1 aliphatic carbocycles. The molecule has 0 bridgehead atoms. The van der Waals surface area contributed by atoms with Gasteiger partial charge in [-0.15, -0.1) is 17.2 Å². The Morgan fingerprint density at radius 1 is 1.43 bits per heavy atom. The van der Waals surface area contributed by atoms with Crippen molar-refractivity contribution in [1.29, 1.82) is 5.41 Å². The van der Waals surface area contributed by atoms with Crippen LogP contribution in [-0.4, -0.2) is 10.5 Å². The number of allylic oxidation sites excluding steroid dienone is 3. The highest BCUT2D eigenvalue weighted by atomic mass is 16.0. The zero-order chi connectivity index (χ0) is 10.8. The summed E-state index contributed by atoms with van der Waals surface area (Å²) in [6.07, 6.45) is 3.62. The van der Waals surface area contributed by atoms with Crippen LogP contribution in [0.3, 0.4) is 0 Å². The van der Waals surface area contributed by atoms with Gasteiger partial charge in [-0.3, -0.25) is 5.84 Å². The monoisotopic (exact) mass is 199 g/mol. The Morgan fingerprint density at radius 3 is 2.57 bits per heavy atom. The Kier molecular flexibility index (Phi) is 2.96. The van der Waals surface area contributed by atoms with Crippen molar-refractivity contribution in [3.8, 4) is 0 Å². The second-order valence-corrected chi connectivity index (χ2v) is 2.94. The third kappa shape index (κ3) is 2.14. The molecule has 1 rings (SSSR count). The van der Waals surface area contributed by atoms with Gasteiger partial charge >= 0.3 is 0 Å². The zero-order valence-corrected chi connectivity index (χ0v) is 7.62. The Hall–Kier alpha value is -1.29. The number of hydrazine groups is 2. The van der Waals surface area contributed by atoms with Crippen molar-refractivity contribution in [1.82, 2.24) is 11.1 Å². The van der Waals surface area contributed by atoms with E-state index in [0.717, 1.165) is 0 Å². The zero-order valence-electron chi connectivity index (χ0n) is 7.62. The molecule has 0 saturated heterocycles. The summed E-state index contributed by atoms with van der Waals surface area (Å²) in [5.41, 5.74) is 11.3. The van der Waals surface area contributed by atoms with Gasteiger partial charge in [0.05, 0.1) is 11.4 Å². The van der Waals surface area contributed by atoms with E-state index in [2.05, 4.69) is 11.1 Å². The van der Waals surface area contributed by atoms with Crippen LogP contribution in [0.4, 0.5) is 0 Å². The van der Waals surface area contributed by atoms with Crippen LogP contribution in [0.1, 0.15) is 6.42 Å². The number of rotatable bonds is 3. The Bertz CT molecular complexity index is 301. The van der Waals surface area contributed by atoms with E-state index in [1.165, 1.54) is 6.08 Å². The minimum Gasteiger partial charge on any atom is -0.397 e. The number of hydrogen-bond donors (Lipinski definition) is 7. The molecule has 14 heavy (non-hydrogen) atoms. The molecule has 0 aromatic carbocycles. The summed E-state index contributed by atoms with van der Waals surface area (Å²) in [5.74, 6) is 16.3. The van der Waals surface area contributed by atoms with Crippen LogP contribution in [0.25, 0.3) is 0 Å². The summed E-state index contributed by atoms with van der Waals surface area (Å²) in [6, 6.07) is 0. The second kappa shape index (κ2) is 3.84. The largest absolute Gasteiger partial charge is 0.397 e. The number of nitrogens with two attached hydrogens (primary N) is 4. The first kappa shape index (κ1) is 10.8. The van der Waals surface area contributed by atoms with Crippen LogP contribution >= 0.6 is 0 Å². The third-order valence-corrected chi connectivity index (χ3v) is 1.84. The van der Waals surface area contributed by atoms with E-state index in [0.29, 0.717) is 23.5 Å². The van der Waals surface area contributed by atoms with E-state index in [9.17, 15) is 0 Å². The molecule has 78 valence electrons. The van der Waals surface area contributed by atoms with E-state index in [4.69, 9.17) is 28.7 Å². The third-order valence-electron chi connectivity index (χ3n) is 1.84. The Morgan fingerprint density at radius 2 is 2.07 bits per heavy atom. The van der Waals surface area contributed by atoms with Gasteiger partial charge in [0.2, 0.25) is 0 Å². The van der Waals surface area contributed by atoms with Gasteiger partial charge in [0.1, 0.15) is 0 Å². The van der Waals surface area contributed by atoms with Crippen molar-refractivity contribution in [2.24, 2.45) is 23.3 Å². The molecule has 0 aliphatic heterocycles. The predicted octanol–water partition coefficient (Wildman–Crippen LogP) is -2.42. The molecule has 0 atom stereocenters. The number of hydrogen-bond acceptors (Lipinski definition) is 7. The number of quaternary nitrogens is 1. The first-order chi connectivity index (χ1) is 6.47. The van der Waals surface area contributed by atoms with Crippen molar-refractivity contribution in [2.45, 2.75) is 6.42 Å². The molecule has 8 nitrogen and oxygen atoms in total. The average Bonchev–Trinajstić information content (AvgIpc) is 2.09. The maximum Gasteiger partial charge on any atom is 0.191 e. The fourth-order valence-electron chi connectivity index (χ4n) is 1.06. The second-order valence-electron chi connectivity index (χ2n) is 2.94. The standard InChI is InChI=1S/C6H15N8/c7-5-2-1-4(3-6(5)8)14(10,11)13-12-9/h1,3,7,12-13H,2,8-11H2/q+1. The van der Waals surface area contributed by atoms with Crippen LogP contribution in [0.2, 0.25) is 0 Å². The highest BCUT2D eigenvalue weighted by Crippen LogP contribution is 2.13. The minimum absolute atomic E-state index is 0.342. The fraction of sp³-hybridized carbons (Fsp3) is 0.167. The maximum absolute atomic E-state index is 7.40. The van der Waals surface area contributed by atoms with Crippen LogP contribution in [0.5, 0.6) is 0 Å². The average molecular weight is 199 g/mol. The van der Waals surface area contributed by atoms with Gasteiger partial charge in [0, 0.05) is 12.5 Å². The van der Waals surface area contributed by atoms with E-state index < -0.39 is 4.81 Å². The molecule has 11 N–H and O–H groups in total. The van der Waals surface area contributed by atoms with E-state index >= 15 is 0 Å². The molecule has 0 radical (unpaired) electrons. The van der Waals surface area contributed by atoms with Crippen molar-refractivity contribution < 1.29 is 4.81 Å². The molecule has 0 spiro atoms. The number of nitrogens with zero attached hydrogens (tertiary/aromatic N) is 1. The van der Waals surface area contributed by atoms with Crippen molar-refractivity contribution >= 4 is 5.71 Å². The summed E-state index contributed by atoms with van der Waals surface area (Å²) in [7, 11) is 0. The van der Waals surface area contributed by atoms with Gasteiger partial charge < -0.3 is 11.1 Å². The fourth-order valence-corrected chi connectivity index (χ4v) is 1.06. The Balaban J connectivity index is 2.85. The van der Waals surface area contributed by atoms with Crippen LogP contribution in [0, 0.1) is 5.41 Å². The molecule has 0 amide bonds. The highest BCUT2D eigenvalue weighted by Gasteiger charge is 2.26. The lowest BCUT2D eigenvalue weighted by atomic mass is 10.1. The topological polar surface area (TPSA) is 152 Å². The molecule has 1 aliphatic rings. The Labute approximate surface area is 81.1 Å². The predicted molar refractivity (Wildman–Crippen MR) is 51.8 cm³/mol. The lowest BCUT2D eigenvalue weighted by Crippen LogP contribution is -2.72. The summed E-state index contributed by atoms with van der Waals surface area (Å²) in [4.78, 5) is -0.634. The van der Waals surface area contributed by atoms with Crippen LogP contribution in [-0.2, 0) is 0 Å². The van der Waals surface area contributed by atoms with Crippen molar-refractivity contribution in [3.63, 3.8) is 0 Å². The lowest BCUT2D eigenvalue weighted by Gasteiger charge is -2.26. The SMILES string of the molecule is N=C1CC=C([N+](N)(N)NNN)C=C1N. The molecule has 8 heteroatoms. The summed E-state index contributed by atoms with van der Waals surface area (Å²) < 4.78 is 0. The molecule has 0 unspecified atom stereocenters. The maximum atomic E-state index is 7.40. The lowest BCUT2D eigenvalue weighted by molar-refractivity contribution is -0.961. The first-order valence-corrected chi connectivity index (χ1v) is 3.92. The van der Waals surface area contributed by atoms with E-state index in [-0.39, 0.29) is 0 Å². The first-order valence-electron chi connectivity index (χ1n) is 3.92. The van der Waals surface area contributed by atoms with Gasteiger partial charge in [0.15, 0.2) is 5.70 Å². The number of nitrogens with one attached hydrogen (secondary N) is 3. The minimum atomic E-state index is -0.634. The van der Waals surface area contributed by atoms with Gasteiger partial charge in [-0.2, -0.15) is 0 Å². The van der Waals surface area contributed by atoms with Gasteiger partial charge in [-0.1, -0.05) is 4.81 Å².